The van der Waals surface area contributed by atoms with Crippen LogP contribution in [0.3, 0.4) is 0 Å². The molecule has 0 amide bonds. The number of rotatable bonds is 5. The van der Waals surface area contributed by atoms with Crippen LogP contribution in [0.25, 0.3) is 22.2 Å². The summed E-state index contributed by atoms with van der Waals surface area (Å²) < 4.78 is 46.5. The van der Waals surface area contributed by atoms with Gasteiger partial charge in [0.05, 0.1) is 7.11 Å². The molecule has 0 saturated heterocycles. The Balaban J connectivity index is 1.61. The van der Waals surface area contributed by atoms with E-state index in [9.17, 15) is 12.8 Å². The Morgan fingerprint density at radius 1 is 1.00 bits per heavy atom. The molecule has 0 bridgehead atoms. The summed E-state index contributed by atoms with van der Waals surface area (Å²) in [5, 5.41) is 1.05. The highest BCUT2D eigenvalue weighted by Crippen LogP contribution is 2.30. The predicted molar refractivity (Wildman–Crippen MR) is 113 cm³/mol. The highest BCUT2D eigenvalue weighted by molar-refractivity contribution is 7.92. The van der Waals surface area contributed by atoms with Crippen molar-refractivity contribution in [3.05, 3.63) is 77.6 Å². The molecular weight excluding hydrogens is 415 g/mol. The first-order valence-corrected chi connectivity index (χ1v) is 10.5. The number of ether oxygens (including phenoxy) is 1. The van der Waals surface area contributed by atoms with Gasteiger partial charge in [-0.15, -0.1) is 0 Å². The molecule has 5 nitrogen and oxygen atoms in total. The molecule has 0 radical (unpaired) electrons. The Kier molecular flexibility index (Phi) is 4.94. The number of nitrogens with one attached hydrogen (secondary N) is 2. The lowest BCUT2D eigenvalue weighted by molar-refractivity contribution is 0.403. The minimum atomic E-state index is -3.89. The number of methoxy groups -OCH3 is 1. The average molecular weight is 431 g/mol. The smallest absolute Gasteiger partial charge is 0.265 e. The van der Waals surface area contributed by atoms with E-state index in [0.29, 0.717) is 5.69 Å². The van der Waals surface area contributed by atoms with Gasteiger partial charge in [0.1, 0.15) is 16.5 Å². The molecule has 29 heavy (non-hydrogen) atoms. The first-order chi connectivity index (χ1) is 13.9. The molecule has 4 aromatic rings. The Morgan fingerprint density at radius 2 is 1.76 bits per heavy atom. The first kappa shape index (κ1) is 19.3. The van der Waals surface area contributed by atoms with E-state index in [1.54, 1.807) is 36.4 Å². The molecule has 0 aliphatic rings. The van der Waals surface area contributed by atoms with Crippen molar-refractivity contribution in [2.75, 3.05) is 11.8 Å². The molecular formula is C21H16ClFN2O3S. The van der Waals surface area contributed by atoms with E-state index < -0.39 is 10.0 Å². The Bertz CT molecular complexity index is 1300. The van der Waals surface area contributed by atoms with Crippen LogP contribution in [0, 0.1) is 5.82 Å². The summed E-state index contributed by atoms with van der Waals surface area (Å²) in [5.41, 5.74) is 2.85. The Labute approximate surface area is 172 Å². The molecule has 0 spiro atoms. The van der Waals surface area contributed by atoms with Crippen LogP contribution in [0.5, 0.6) is 5.75 Å². The lowest BCUT2D eigenvalue weighted by Crippen LogP contribution is -2.14. The van der Waals surface area contributed by atoms with Crippen molar-refractivity contribution in [2.45, 2.75) is 4.90 Å². The second-order valence-corrected chi connectivity index (χ2v) is 8.48. The summed E-state index contributed by atoms with van der Waals surface area (Å²) in [4.78, 5) is 3.17. The normalized spacial score (nSPS) is 11.6. The van der Waals surface area contributed by atoms with Gasteiger partial charge in [-0.3, -0.25) is 4.72 Å². The topological polar surface area (TPSA) is 71.2 Å². The number of anilines is 1. The lowest BCUT2D eigenvalue weighted by Gasteiger charge is -2.12. The first-order valence-electron chi connectivity index (χ1n) is 8.61. The number of hydrogen-bond acceptors (Lipinski definition) is 3. The van der Waals surface area contributed by atoms with Crippen molar-refractivity contribution in [1.29, 1.82) is 0 Å². The van der Waals surface area contributed by atoms with Crippen LogP contribution >= 0.6 is 11.6 Å². The average Bonchev–Trinajstić information content (AvgIpc) is 3.11. The molecule has 2 N–H and O–H groups in total. The third-order valence-electron chi connectivity index (χ3n) is 4.45. The largest absolute Gasteiger partial charge is 0.495 e. The summed E-state index contributed by atoms with van der Waals surface area (Å²) in [6.07, 6.45) is 0. The molecule has 0 aliphatic carbocycles. The maximum atomic E-state index is 13.4. The van der Waals surface area contributed by atoms with Gasteiger partial charge >= 0.3 is 0 Å². The molecule has 1 aromatic heterocycles. The van der Waals surface area contributed by atoms with Crippen LogP contribution in [0.4, 0.5) is 10.1 Å². The van der Waals surface area contributed by atoms with E-state index in [4.69, 9.17) is 16.3 Å². The van der Waals surface area contributed by atoms with E-state index in [0.717, 1.165) is 22.2 Å². The summed E-state index contributed by atoms with van der Waals surface area (Å²) in [7, 11) is -2.50. The van der Waals surface area contributed by atoms with Crippen LogP contribution < -0.4 is 9.46 Å². The fraction of sp³-hybridized carbons (Fsp3) is 0.0476. The highest BCUT2D eigenvalue weighted by Gasteiger charge is 2.20. The Hall–Kier alpha value is -3.03. The van der Waals surface area contributed by atoms with Gasteiger partial charge in [0.25, 0.3) is 10.0 Å². The second kappa shape index (κ2) is 7.42. The molecule has 0 aliphatic heterocycles. The van der Waals surface area contributed by atoms with E-state index in [1.165, 1.54) is 31.4 Å². The minimum Gasteiger partial charge on any atom is -0.495 e. The number of hydrogen-bond donors (Lipinski definition) is 2. The molecule has 0 atom stereocenters. The molecule has 1 heterocycles. The number of sulfonamides is 1. The van der Waals surface area contributed by atoms with Gasteiger partial charge in [-0.25, -0.2) is 12.8 Å². The zero-order valence-corrected chi connectivity index (χ0v) is 16.8. The van der Waals surface area contributed by atoms with Crippen LogP contribution in [0.2, 0.25) is 5.02 Å². The van der Waals surface area contributed by atoms with Gasteiger partial charge in [0, 0.05) is 27.3 Å². The van der Waals surface area contributed by atoms with E-state index >= 15 is 0 Å². The maximum Gasteiger partial charge on any atom is 0.265 e. The SMILES string of the molecule is COc1ccc(Cl)cc1S(=O)(=O)Nc1ccc(-c2cc3cc(F)ccc3[nH]2)cc1. The summed E-state index contributed by atoms with van der Waals surface area (Å²) in [6.45, 7) is 0. The maximum absolute atomic E-state index is 13.4. The summed E-state index contributed by atoms with van der Waals surface area (Å²) in [5.74, 6) is -0.104. The number of halogens is 2. The lowest BCUT2D eigenvalue weighted by atomic mass is 10.1. The van der Waals surface area contributed by atoms with Gasteiger partial charge in [-0.2, -0.15) is 0 Å². The van der Waals surface area contributed by atoms with E-state index in [2.05, 4.69) is 9.71 Å². The van der Waals surface area contributed by atoms with Crippen molar-refractivity contribution in [3.63, 3.8) is 0 Å². The standard InChI is InChI=1S/C21H16ClFN2O3S/c1-28-20-9-4-15(22)12-21(20)29(26,27)25-17-6-2-13(3-7-17)19-11-14-10-16(23)5-8-18(14)24-19/h2-12,24-25H,1H3. The zero-order valence-electron chi connectivity index (χ0n) is 15.2. The third kappa shape index (κ3) is 3.92. The highest BCUT2D eigenvalue weighted by atomic mass is 35.5. The molecule has 8 heteroatoms. The van der Waals surface area contributed by atoms with Gasteiger partial charge in [0.15, 0.2) is 0 Å². The van der Waals surface area contributed by atoms with Crippen LogP contribution in [0.1, 0.15) is 0 Å². The van der Waals surface area contributed by atoms with Crippen molar-refractivity contribution in [3.8, 4) is 17.0 Å². The number of H-pyrrole nitrogens is 1. The van der Waals surface area contributed by atoms with Gasteiger partial charge < -0.3 is 9.72 Å². The van der Waals surface area contributed by atoms with E-state index in [-0.39, 0.29) is 21.5 Å². The predicted octanol–water partition coefficient (Wildman–Crippen LogP) is 5.44. The molecule has 0 fully saturated rings. The Morgan fingerprint density at radius 3 is 2.48 bits per heavy atom. The van der Waals surface area contributed by atoms with Crippen LogP contribution in [-0.4, -0.2) is 20.5 Å². The molecule has 148 valence electrons. The summed E-state index contributed by atoms with van der Waals surface area (Å²) >= 11 is 5.94. The minimum absolute atomic E-state index is 0.0470. The van der Waals surface area contributed by atoms with Crippen molar-refractivity contribution >= 4 is 38.2 Å². The number of fused-ring (bicyclic) bond motifs is 1. The quantitative estimate of drug-likeness (QED) is 0.443. The fourth-order valence-electron chi connectivity index (χ4n) is 3.05. The monoisotopic (exact) mass is 430 g/mol. The van der Waals surface area contributed by atoms with Crippen molar-refractivity contribution < 1.29 is 17.5 Å². The van der Waals surface area contributed by atoms with Gasteiger partial charge in [0.2, 0.25) is 0 Å². The van der Waals surface area contributed by atoms with Crippen LogP contribution in [-0.2, 0) is 10.0 Å². The fourth-order valence-corrected chi connectivity index (χ4v) is 4.54. The number of aromatic amines is 1. The van der Waals surface area contributed by atoms with Gasteiger partial charge in [-0.1, -0.05) is 23.7 Å². The van der Waals surface area contributed by atoms with Crippen LogP contribution in [0.15, 0.2) is 71.6 Å². The molecule has 3 aromatic carbocycles. The zero-order chi connectivity index (χ0) is 20.6. The summed E-state index contributed by atoms with van der Waals surface area (Å²) in [6, 6.07) is 17.6. The molecule has 4 rings (SSSR count). The van der Waals surface area contributed by atoms with Gasteiger partial charge in [-0.05, 0) is 60.2 Å². The van der Waals surface area contributed by atoms with Crippen molar-refractivity contribution in [1.82, 2.24) is 4.98 Å². The molecule has 0 unspecified atom stereocenters. The second-order valence-electron chi connectivity index (χ2n) is 6.39. The third-order valence-corrected chi connectivity index (χ3v) is 6.08. The molecule has 0 saturated carbocycles. The number of aromatic nitrogens is 1. The number of benzene rings is 3. The van der Waals surface area contributed by atoms with Crippen molar-refractivity contribution in [2.24, 2.45) is 0 Å². The van der Waals surface area contributed by atoms with E-state index in [1.807, 2.05) is 6.07 Å².